The lowest BCUT2D eigenvalue weighted by atomic mass is 10.1. The van der Waals surface area contributed by atoms with Gasteiger partial charge in [-0.2, -0.15) is 0 Å². The van der Waals surface area contributed by atoms with Crippen LogP contribution >= 0.6 is 15.9 Å². The van der Waals surface area contributed by atoms with Gasteiger partial charge in [-0.25, -0.2) is 4.39 Å². The van der Waals surface area contributed by atoms with E-state index in [0.29, 0.717) is 12.3 Å². The van der Waals surface area contributed by atoms with Crippen molar-refractivity contribution in [2.75, 3.05) is 13.2 Å². The molecule has 0 saturated heterocycles. The van der Waals surface area contributed by atoms with Crippen LogP contribution < -0.4 is 10.1 Å². The molecule has 1 atom stereocenters. The van der Waals surface area contributed by atoms with Crippen LogP contribution in [0.4, 0.5) is 4.39 Å². The maximum Gasteiger partial charge on any atom is 0.261 e. The molecule has 0 saturated carbocycles. The lowest BCUT2D eigenvalue weighted by Crippen LogP contribution is -2.49. The summed E-state index contributed by atoms with van der Waals surface area (Å²) in [4.78, 5) is 27.1. The van der Waals surface area contributed by atoms with Gasteiger partial charge in [-0.3, -0.25) is 9.59 Å². The van der Waals surface area contributed by atoms with Crippen LogP contribution in [0.25, 0.3) is 0 Å². The molecule has 2 aromatic rings. The summed E-state index contributed by atoms with van der Waals surface area (Å²) in [6.45, 7) is 6.33. The second kappa shape index (κ2) is 12.4. The van der Waals surface area contributed by atoms with Crippen LogP contribution in [0, 0.1) is 5.82 Å². The predicted molar refractivity (Wildman–Crippen MR) is 123 cm³/mol. The largest absolute Gasteiger partial charge is 0.483 e. The second-order valence-electron chi connectivity index (χ2n) is 7.38. The molecule has 0 heterocycles. The number of nitrogens with one attached hydrogen (secondary N) is 1. The van der Waals surface area contributed by atoms with Crippen LogP contribution in [0.2, 0.25) is 0 Å². The molecule has 2 rings (SSSR count). The standard InChI is InChI=1S/C24H30BrFN2O3/c1-4-6-13-27-24(30)17(3)28(15-19-7-10-20(26)11-8-19)23(29)16-31-22-12-9-18(5-2)14-21(22)25/h7-12,14,17H,4-6,13,15-16H2,1-3H3,(H,27,30)/t17-/m0/s1. The Bertz CT molecular complexity index is 874. The number of rotatable bonds is 11. The molecule has 0 radical (unpaired) electrons. The number of hydrogen-bond acceptors (Lipinski definition) is 3. The third-order valence-electron chi connectivity index (χ3n) is 5.02. The SMILES string of the molecule is CCCCNC(=O)[C@H](C)N(Cc1ccc(F)cc1)C(=O)COc1ccc(CC)cc1Br. The van der Waals surface area contributed by atoms with Gasteiger partial charge >= 0.3 is 0 Å². The number of aryl methyl sites for hydroxylation is 1. The highest BCUT2D eigenvalue weighted by molar-refractivity contribution is 9.10. The first-order valence-corrected chi connectivity index (χ1v) is 11.4. The average molecular weight is 493 g/mol. The third-order valence-corrected chi connectivity index (χ3v) is 5.64. The van der Waals surface area contributed by atoms with Crippen LogP contribution in [-0.4, -0.2) is 35.9 Å². The van der Waals surface area contributed by atoms with E-state index in [2.05, 4.69) is 28.2 Å². The number of nitrogens with zero attached hydrogens (tertiary/aromatic N) is 1. The molecule has 31 heavy (non-hydrogen) atoms. The fourth-order valence-corrected chi connectivity index (χ4v) is 3.55. The van der Waals surface area contributed by atoms with Gasteiger partial charge in [-0.15, -0.1) is 0 Å². The zero-order chi connectivity index (χ0) is 22.8. The maximum absolute atomic E-state index is 13.3. The zero-order valence-electron chi connectivity index (χ0n) is 18.3. The normalized spacial score (nSPS) is 11.6. The van der Waals surface area contributed by atoms with Crippen LogP contribution in [0.1, 0.15) is 44.7 Å². The van der Waals surface area contributed by atoms with Gasteiger partial charge in [-0.1, -0.05) is 38.5 Å². The smallest absolute Gasteiger partial charge is 0.261 e. The fraction of sp³-hybridized carbons (Fsp3) is 0.417. The highest BCUT2D eigenvalue weighted by Crippen LogP contribution is 2.26. The number of halogens is 2. The number of carbonyl (C=O) groups is 2. The number of hydrogen-bond donors (Lipinski definition) is 1. The molecule has 0 aliphatic rings. The maximum atomic E-state index is 13.3. The Hall–Kier alpha value is -2.41. The molecule has 0 spiro atoms. The van der Waals surface area contributed by atoms with Crippen molar-refractivity contribution in [3.8, 4) is 5.75 Å². The van der Waals surface area contributed by atoms with Crippen LogP contribution in [0.3, 0.4) is 0 Å². The minimum absolute atomic E-state index is 0.181. The minimum Gasteiger partial charge on any atom is -0.483 e. The molecule has 1 N–H and O–H groups in total. The third kappa shape index (κ3) is 7.65. The van der Waals surface area contributed by atoms with E-state index in [1.807, 2.05) is 25.1 Å². The van der Waals surface area contributed by atoms with Gasteiger partial charge in [0.15, 0.2) is 6.61 Å². The van der Waals surface area contributed by atoms with Gasteiger partial charge in [0.2, 0.25) is 5.91 Å². The quantitative estimate of drug-likeness (QED) is 0.455. The number of unbranched alkanes of at least 4 members (excludes halogenated alkanes) is 1. The van der Waals surface area contributed by atoms with E-state index < -0.39 is 6.04 Å². The lowest BCUT2D eigenvalue weighted by molar-refractivity contribution is -0.142. The molecule has 0 bridgehead atoms. The number of benzene rings is 2. The van der Waals surface area contributed by atoms with Crippen molar-refractivity contribution in [3.63, 3.8) is 0 Å². The minimum atomic E-state index is -0.691. The van der Waals surface area contributed by atoms with E-state index in [4.69, 9.17) is 4.74 Å². The van der Waals surface area contributed by atoms with Crippen molar-refractivity contribution in [2.24, 2.45) is 0 Å². The van der Waals surface area contributed by atoms with Gasteiger partial charge in [0.05, 0.1) is 4.47 Å². The molecule has 0 aliphatic heterocycles. The molecule has 0 aliphatic carbocycles. The number of ether oxygens (including phenoxy) is 1. The summed E-state index contributed by atoms with van der Waals surface area (Å²) < 4.78 is 19.8. The Morgan fingerprint density at radius 3 is 2.42 bits per heavy atom. The van der Waals surface area contributed by atoms with Crippen LogP contribution in [0.5, 0.6) is 5.75 Å². The molecule has 0 unspecified atom stereocenters. The van der Waals surface area contributed by atoms with E-state index in [0.717, 1.165) is 34.9 Å². The highest BCUT2D eigenvalue weighted by atomic mass is 79.9. The van der Waals surface area contributed by atoms with Crippen LogP contribution in [0.15, 0.2) is 46.9 Å². The summed E-state index contributed by atoms with van der Waals surface area (Å²) in [5.74, 6) is -0.339. The summed E-state index contributed by atoms with van der Waals surface area (Å²) in [6, 6.07) is 10.9. The first-order chi connectivity index (χ1) is 14.8. The van der Waals surface area contributed by atoms with E-state index in [1.165, 1.54) is 17.0 Å². The topological polar surface area (TPSA) is 58.6 Å². The molecule has 7 heteroatoms. The van der Waals surface area contributed by atoms with Crippen molar-refractivity contribution in [3.05, 3.63) is 63.9 Å². The summed E-state index contributed by atoms with van der Waals surface area (Å²) in [6.07, 6.45) is 2.73. The van der Waals surface area contributed by atoms with Crippen LogP contribution in [-0.2, 0) is 22.6 Å². The Labute approximate surface area is 192 Å². The van der Waals surface area contributed by atoms with Crippen molar-refractivity contribution < 1.29 is 18.7 Å². The van der Waals surface area contributed by atoms with Gasteiger partial charge in [0.25, 0.3) is 5.91 Å². The fourth-order valence-electron chi connectivity index (χ4n) is 3.01. The van der Waals surface area contributed by atoms with Crippen molar-refractivity contribution in [1.29, 1.82) is 0 Å². The first kappa shape index (κ1) is 24.9. The van der Waals surface area contributed by atoms with E-state index in [9.17, 15) is 14.0 Å². The van der Waals surface area contributed by atoms with Gasteiger partial charge in [-0.05, 0) is 71.1 Å². The van der Waals surface area contributed by atoms with E-state index in [1.54, 1.807) is 19.1 Å². The summed E-state index contributed by atoms with van der Waals surface area (Å²) >= 11 is 3.47. The molecule has 5 nitrogen and oxygen atoms in total. The Morgan fingerprint density at radius 2 is 1.81 bits per heavy atom. The molecule has 0 aromatic heterocycles. The average Bonchev–Trinajstić information content (AvgIpc) is 2.77. The van der Waals surface area contributed by atoms with E-state index in [-0.39, 0.29) is 30.8 Å². The zero-order valence-corrected chi connectivity index (χ0v) is 19.9. The molecule has 168 valence electrons. The summed E-state index contributed by atoms with van der Waals surface area (Å²) in [5, 5.41) is 2.87. The van der Waals surface area contributed by atoms with Crippen molar-refractivity contribution in [1.82, 2.24) is 10.2 Å². The predicted octanol–water partition coefficient (Wildman–Crippen LogP) is 4.86. The molecular weight excluding hydrogens is 463 g/mol. The van der Waals surface area contributed by atoms with Crippen molar-refractivity contribution in [2.45, 2.75) is 52.6 Å². The van der Waals surface area contributed by atoms with Gasteiger partial charge in [0.1, 0.15) is 17.6 Å². The highest BCUT2D eigenvalue weighted by Gasteiger charge is 2.26. The number of amides is 2. The Morgan fingerprint density at radius 1 is 1.13 bits per heavy atom. The monoisotopic (exact) mass is 492 g/mol. The van der Waals surface area contributed by atoms with E-state index >= 15 is 0 Å². The first-order valence-electron chi connectivity index (χ1n) is 10.6. The molecule has 2 amide bonds. The lowest BCUT2D eigenvalue weighted by Gasteiger charge is -2.29. The van der Waals surface area contributed by atoms with Crippen molar-refractivity contribution >= 4 is 27.7 Å². The second-order valence-corrected chi connectivity index (χ2v) is 8.23. The number of carbonyl (C=O) groups excluding carboxylic acids is 2. The molecule has 2 aromatic carbocycles. The molecule has 0 fully saturated rings. The Balaban J connectivity index is 2.12. The van der Waals surface area contributed by atoms with Gasteiger partial charge < -0.3 is 15.0 Å². The Kier molecular flexibility index (Phi) is 9.98. The summed E-state index contributed by atoms with van der Waals surface area (Å²) in [7, 11) is 0. The summed E-state index contributed by atoms with van der Waals surface area (Å²) in [5.41, 5.74) is 1.89. The molecular formula is C24H30BrFN2O3. The van der Waals surface area contributed by atoms with Gasteiger partial charge in [0, 0.05) is 13.1 Å².